The van der Waals surface area contributed by atoms with Crippen molar-refractivity contribution in [1.82, 2.24) is 4.31 Å². The standard InChI is InChI=1S/C19H33NOS/c1-11-8-13-14(9-11)19(6)15(10-18(5)16(13)21-18)17(3,4)12(2)22-20(19)7/h11-16H,8-10H2,1-7H3. The highest BCUT2D eigenvalue weighted by Crippen LogP contribution is 2.67. The molecule has 0 amide bonds. The molecule has 0 aromatic heterocycles. The van der Waals surface area contributed by atoms with E-state index in [1.165, 1.54) is 19.3 Å². The van der Waals surface area contributed by atoms with E-state index in [4.69, 9.17) is 4.74 Å². The van der Waals surface area contributed by atoms with Crippen molar-refractivity contribution in [3.05, 3.63) is 0 Å². The summed E-state index contributed by atoms with van der Waals surface area (Å²) in [7, 11) is 2.36. The zero-order valence-electron chi connectivity index (χ0n) is 15.3. The molecule has 4 fully saturated rings. The van der Waals surface area contributed by atoms with Gasteiger partial charge in [-0.15, -0.1) is 0 Å². The van der Waals surface area contributed by atoms with Crippen LogP contribution in [0.5, 0.6) is 0 Å². The first-order chi connectivity index (χ1) is 10.1. The molecule has 0 radical (unpaired) electrons. The van der Waals surface area contributed by atoms with Crippen LogP contribution in [-0.4, -0.2) is 33.8 Å². The molecule has 0 spiro atoms. The SMILES string of the molecule is CC1CC2C3OC3(C)CC3C(C)(C)C(C)SN(C)C3(C)C2C1. The van der Waals surface area contributed by atoms with E-state index in [9.17, 15) is 0 Å². The van der Waals surface area contributed by atoms with Crippen LogP contribution in [0.15, 0.2) is 0 Å². The Balaban J connectivity index is 1.82. The molecule has 8 unspecified atom stereocenters. The van der Waals surface area contributed by atoms with Crippen molar-refractivity contribution in [1.29, 1.82) is 0 Å². The maximum absolute atomic E-state index is 6.34. The van der Waals surface area contributed by atoms with Gasteiger partial charge in [-0.2, -0.15) is 0 Å². The van der Waals surface area contributed by atoms with E-state index in [0.29, 0.717) is 22.3 Å². The van der Waals surface area contributed by atoms with Gasteiger partial charge >= 0.3 is 0 Å². The van der Waals surface area contributed by atoms with Crippen molar-refractivity contribution in [3.63, 3.8) is 0 Å². The number of hydrogen-bond acceptors (Lipinski definition) is 3. The minimum absolute atomic E-state index is 0.162. The highest BCUT2D eigenvalue weighted by atomic mass is 32.2. The number of nitrogens with zero attached hydrogens (tertiary/aromatic N) is 1. The molecule has 2 aliphatic carbocycles. The topological polar surface area (TPSA) is 15.8 Å². The van der Waals surface area contributed by atoms with Gasteiger partial charge in [0.15, 0.2) is 0 Å². The third-order valence-electron chi connectivity index (χ3n) is 8.18. The van der Waals surface area contributed by atoms with Crippen molar-refractivity contribution >= 4 is 11.9 Å². The summed E-state index contributed by atoms with van der Waals surface area (Å²) in [5, 5.41) is 0.673. The Hall–Kier alpha value is 0.270. The van der Waals surface area contributed by atoms with Crippen molar-refractivity contribution in [3.8, 4) is 0 Å². The molecule has 0 N–H and O–H groups in total. The molecule has 2 heterocycles. The second-order valence-corrected chi connectivity index (χ2v) is 11.2. The molecule has 4 aliphatic rings. The summed E-state index contributed by atoms with van der Waals surface area (Å²) in [6.07, 6.45) is 4.55. The van der Waals surface area contributed by atoms with Gasteiger partial charge in [-0.1, -0.05) is 39.6 Å². The van der Waals surface area contributed by atoms with E-state index in [0.717, 1.165) is 23.7 Å². The first-order valence-electron chi connectivity index (χ1n) is 9.19. The van der Waals surface area contributed by atoms with Crippen LogP contribution in [0, 0.1) is 29.1 Å². The Morgan fingerprint density at radius 2 is 1.77 bits per heavy atom. The Labute approximate surface area is 140 Å². The molecule has 2 nitrogen and oxygen atoms in total. The highest BCUT2D eigenvalue weighted by molar-refractivity contribution is 7.97. The van der Waals surface area contributed by atoms with Gasteiger partial charge in [-0.25, -0.2) is 4.31 Å². The van der Waals surface area contributed by atoms with E-state index in [2.05, 4.69) is 64.8 Å². The molecule has 22 heavy (non-hydrogen) atoms. The van der Waals surface area contributed by atoms with Gasteiger partial charge in [0.1, 0.15) is 0 Å². The van der Waals surface area contributed by atoms with E-state index >= 15 is 0 Å². The summed E-state index contributed by atoms with van der Waals surface area (Å²) in [4.78, 5) is 0. The first kappa shape index (κ1) is 15.8. The minimum atomic E-state index is 0.162. The normalized spacial score (nSPS) is 60.1. The maximum atomic E-state index is 6.34. The molecule has 0 bridgehead atoms. The summed E-state index contributed by atoms with van der Waals surface area (Å²) in [6, 6.07) is 0. The summed E-state index contributed by atoms with van der Waals surface area (Å²) >= 11 is 2.10. The second-order valence-electron chi connectivity index (χ2n) is 9.75. The fourth-order valence-electron chi connectivity index (χ4n) is 6.41. The average molecular weight is 324 g/mol. The fraction of sp³-hybridized carbons (Fsp3) is 1.00. The Bertz CT molecular complexity index is 494. The van der Waals surface area contributed by atoms with Crippen molar-refractivity contribution in [2.24, 2.45) is 29.1 Å². The van der Waals surface area contributed by atoms with Crippen molar-refractivity contribution in [2.45, 2.75) is 83.3 Å². The summed E-state index contributed by atoms with van der Waals surface area (Å²) in [6.45, 7) is 14.9. The van der Waals surface area contributed by atoms with Crippen molar-refractivity contribution in [2.75, 3.05) is 7.05 Å². The van der Waals surface area contributed by atoms with Gasteiger partial charge in [0.25, 0.3) is 0 Å². The maximum Gasteiger partial charge on any atom is 0.0927 e. The van der Waals surface area contributed by atoms with Crippen molar-refractivity contribution < 1.29 is 4.74 Å². The largest absolute Gasteiger partial charge is 0.366 e. The summed E-state index contributed by atoms with van der Waals surface area (Å²) in [5.41, 5.74) is 0.845. The fourth-order valence-corrected chi connectivity index (χ4v) is 7.81. The molecule has 8 atom stereocenters. The van der Waals surface area contributed by atoms with Gasteiger partial charge in [0, 0.05) is 10.8 Å². The Kier molecular flexibility index (Phi) is 3.20. The third kappa shape index (κ3) is 1.82. The van der Waals surface area contributed by atoms with Gasteiger partial charge in [-0.3, -0.25) is 0 Å². The lowest BCUT2D eigenvalue weighted by atomic mass is 9.60. The number of ether oxygens (including phenoxy) is 1. The Morgan fingerprint density at radius 1 is 1.09 bits per heavy atom. The molecule has 4 rings (SSSR count). The molecule has 2 saturated heterocycles. The van der Waals surface area contributed by atoms with Gasteiger partial charge < -0.3 is 4.74 Å². The molecule has 3 heteroatoms. The molecule has 2 saturated carbocycles. The lowest BCUT2D eigenvalue weighted by Gasteiger charge is -2.60. The predicted molar refractivity (Wildman–Crippen MR) is 93.8 cm³/mol. The van der Waals surface area contributed by atoms with E-state index in [1.807, 2.05) is 0 Å². The lowest BCUT2D eigenvalue weighted by Crippen LogP contribution is -2.63. The lowest BCUT2D eigenvalue weighted by molar-refractivity contribution is -0.0350. The van der Waals surface area contributed by atoms with Crippen LogP contribution in [0.25, 0.3) is 0 Å². The molecule has 0 aromatic rings. The molecule has 0 aromatic carbocycles. The molecular weight excluding hydrogens is 290 g/mol. The number of fused-ring (bicyclic) bond motifs is 5. The van der Waals surface area contributed by atoms with Crippen LogP contribution in [0.4, 0.5) is 0 Å². The third-order valence-corrected chi connectivity index (χ3v) is 9.82. The van der Waals surface area contributed by atoms with Crippen LogP contribution in [0.1, 0.15) is 60.8 Å². The number of hydrogen-bond donors (Lipinski definition) is 0. The Morgan fingerprint density at radius 3 is 2.45 bits per heavy atom. The average Bonchev–Trinajstić information content (AvgIpc) is 2.94. The first-order valence-corrected chi connectivity index (χ1v) is 10.0. The molecule has 2 aliphatic heterocycles. The van der Waals surface area contributed by atoms with Gasteiger partial charge in [0.2, 0.25) is 0 Å². The monoisotopic (exact) mass is 323 g/mol. The molecule has 126 valence electrons. The number of rotatable bonds is 0. The zero-order valence-corrected chi connectivity index (χ0v) is 16.2. The number of epoxide rings is 1. The quantitative estimate of drug-likeness (QED) is 0.479. The smallest absolute Gasteiger partial charge is 0.0927 e. The molecular formula is C19H33NOS. The van der Waals surface area contributed by atoms with E-state index in [-0.39, 0.29) is 5.60 Å². The summed E-state index contributed by atoms with van der Waals surface area (Å²) in [5.74, 6) is 3.16. The van der Waals surface area contributed by atoms with Gasteiger partial charge in [0.05, 0.1) is 11.7 Å². The van der Waals surface area contributed by atoms with Crippen LogP contribution in [0.3, 0.4) is 0 Å². The predicted octanol–water partition coefficient (Wildman–Crippen LogP) is 4.59. The highest BCUT2D eigenvalue weighted by Gasteiger charge is 2.70. The van der Waals surface area contributed by atoms with E-state index < -0.39 is 0 Å². The van der Waals surface area contributed by atoms with Gasteiger partial charge in [-0.05, 0) is 69.2 Å². The minimum Gasteiger partial charge on any atom is -0.366 e. The second kappa shape index (κ2) is 4.46. The van der Waals surface area contributed by atoms with Crippen LogP contribution < -0.4 is 0 Å². The zero-order chi connectivity index (χ0) is 16.1. The van der Waals surface area contributed by atoms with Crippen LogP contribution in [0.2, 0.25) is 0 Å². The van der Waals surface area contributed by atoms with E-state index in [1.54, 1.807) is 0 Å². The van der Waals surface area contributed by atoms with Crippen LogP contribution >= 0.6 is 11.9 Å². The summed E-state index contributed by atoms with van der Waals surface area (Å²) < 4.78 is 9.00. The van der Waals surface area contributed by atoms with Crippen LogP contribution in [-0.2, 0) is 4.74 Å².